The molecule has 154 valence electrons. The molecule has 7 nitrogen and oxygen atoms in total. The van der Waals surface area contributed by atoms with E-state index in [1.165, 1.54) is 0 Å². The van der Waals surface area contributed by atoms with Crippen LogP contribution in [0.1, 0.15) is 40.6 Å². The lowest BCUT2D eigenvalue weighted by Gasteiger charge is -2.32. The summed E-state index contributed by atoms with van der Waals surface area (Å²) < 4.78 is 9.52. The quantitative estimate of drug-likeness (QED) is 0.525. The van der Waals surface area contributed by atoms with Crippen molar-refractivity contribution in [3.63, 3.8) is 0 Å². The maximum Gasteiger partial charge on any atom is 0.256 e. The predicted molar refractivity (Wildman–Crippen MR) is 115 cm³/mol. The van der Waals surface area contributed by atoms with Crippen LogP contribution in [0.5, 0.6) is 5.75 Å². The summed E-state index contributed by atoms with van der Waals surface area (Å²) >= 11 is 0. The molecule has 0 bridgehead atoms. The van der Waals surface area contributed by atoms with Gasteiger partial charge < -0.3 is 14.2 Å². The molecule has 3 aromatic heterocycles. The highest BCUT2D eigenvalue weighted by molar-refractivity contribution is 6.08. The number of pyridine rings is 1. The molecule has 0 radical (unpaired) electrons. The molecule has 0 spiro atoms. The van der Waals surface area contributed by atoms with Crippen LogP contribution < -0.4 is 4.74 Å². The molecule has 0 saturated carbocycles. The van der Waals surface area contributed by atoms with Crippen molar-refractivity contribution in [3.8, 4) is 5.75 Å². The largest absolute Gasteiger partial charge is 0.497 e. The number of hydrogen-bond donors (Lipinski definition) is 0. The number of nitrogens with zero attached hydrogens (tertiary/aromatic N) is 5. The number of benzene rings is 1. The van der Waals surface area contributed by atoms with Gasteiger partial charge in [-0.2, -0.15) is 0 Å². The first-order valence-electron chi connectivity index (χ1n) is 10.3. The monoisotopic (exact) mass is 403 g/mol. The maximum absolute atomic E-state index is 13.7. The van der Waals surface area contributed by atoms with E-state index in [1.54, 1.807) is 7.11 Å². The molecule has 30 heavy (non-hydrogen) atoms. The highest BCUT2D eigenvalue weighted by Crippen LogP contribution is 2.32. The number of carbonyl (C=O) groups is 1. The van der Waals surface area contributed by atoms with E-state index < -0.39 is 0 Å². The Morgan fingerprint density at radius 3 is 2.90 bits per heavy atom. The molecular formula is C23H25N5O2. The summed E-state index contributed by atoms with van der Waals surface area (Å²) in [6.45, 7) is 3.41. The van der Waals surface area contributed by atoms with Crippen molar-refractivity contribution in [2.45, 2.75) is 25.7 Å². The number of piperidine rings is 1. The van der Waals surface area contributed by atoms with Gasteiger partial charge in [0.05, 0.1) is 12.7 Å². The fourth-order valence-corrected chi connectivity index (χ4v) is 4.62. The van der Waals surface area contributed by atoms with Crippen LogP contribution in [0.2, 0.25) is 0 Å². The molecule has 0 unspecified atom stereocenters. The lowest BCUT2D eigenvalue weighted by molar-refractivity contribution is 0.0705. The summed E-state index contributed by atoms with van der Waals surface area (Å²) in [7, 11) is 3.65. The van der Waals surface area contributed by atoms with Gasteiger partial charge in [0.2, 0.25) is 0 Å². The van der Waals surface area contributed by atoms with Crippen LogP contribution in [-0.4, -0.2) is 50.2 Å². The summed E-state index contributed by atoms with van der Waals surface area (Å²) in [5.74, 6) is 1.93. The Bertz CT molecular complexity index is 1260. The highest BCUT2D eigenvalue weighted by atomic mass is 16.5. The minimum atomic E-state index is 0.0740. The van der Waals surface area contributed by atoms with E-state index in [1.807, 2.05) is 65.9 Å². The smallest absolute Gasteiger partial charge is 0.256 e. The lowest BCUT2D eigenvalue weighted by Crippen LogP contribution is -2.39. The van der Waals surface area contributed by atoms with Gasteiger partial charge in [-0.05, 0) is 50.1 Å². The fourth-order valence-electron chi connectivity index (χ4n) is 4.62. The molecule has 1 saturated heterocycles. The van der Waals surface area contributed by atoms with Gasteiger partial charge in [0.25, 0.3) is 5.91 Å². The Morgan fingerprint density at radius 1 is 1.20 bits per heavy atom. The minimum Gasteiger partial charge on any atom is -0.497 e. The first kappa shape index (κ1) is 18.7. The first-order chi connectivity index (χ1) is 14.6. The van der Waals surface area contributed by atoms with Crippen LogP contribution in [0, 0.1) is 6.92 Å². The van der Waals surface area contributed by atoms with E-state index in [9.17, 15) is 4.79 Å². The van der Waals surface area contributed by atoms with Crippen molar-refractivity contribution in [1.29, 1.82) is 0 Å². The molecule has 1 atom stereocenters. The maximum atomic E-state index is 13.7. The van der Waals surface area contributed by atoms with Crippen molar-refractivity contribution < 1.29 is 9.53 Å². The number of fused-ring (bicyclic) bond motifs is 2. The van der Waals surface area contributed by atoms with E-state index in [4.69, 9.17) is 4.74 Å². The van der Waals surface area contributed by atoms with Crippen molar-refractivity contribution in [3.05, 3.63) is 59.7 Å². The zero-order valence-electron chi connectivity index (χ0n) is 17.5. The molecule has 0 N–H and O–H groups in total. The van der Waals surface area contributed by atoms with Gasteiger partial charge in [-0.25, -0.2) is 0 Å². The average Bonchev–Trinajstić information content (AvgIpc) is 3.32. The van der Waals surface area contributed by atoms with Crippen LogP contribution in [-0.2, 0) is 7.05 Å². The van der Waals surface area contributed by atoms with Crippen LogP contribution in [0.25, 0.3) is 16.6 Å². The molecule has 4 aromatic rings. The van der Waals surface area contributed by atoms with Crippen LogP contribution in [0.4, 0.5) is 0 Å². The number of amides is 1. The molecule has 5 rings (SSSR count). The van der Waals surface area contributed by atoms with Gasteiger partial charge in [-0.3, -0.25) is 9.20 Å². The molecule has 1 aliphatic heterocycles. The third kappa shape index (κ3) is 2.84. The summed E-state index contributed by atoms with van der Waals surface area (Å²) in [4.78, 5) is 15.6. The summed E-state index contributed by atoms with van der Waals surface area (Å²) in [5, 5.41) is 9.67. The third-order valence-corrected chi connectivity index (χ3v) is 6.33. The zero-order valence-corrected chi connectivity index (χ0v) is 17.5. The molecule has 4 heterocycles. The lowest BCUT2D eigenvalue weighted by atomic mass is 9.96. The zero-order chi connectivity index (χ0) is 20.8. The van der Waals surface area contributed by atoms with Crippen LogP contribution in [0.3, 0.4) is 0 Å². The second-order valence-corrected chi connectivity index (χ2v) is 7.98. The number of carbonyl (C=O) groups excluding carboxylic acids is 1. The standard InChI is InChI=1S/C23H25N5O2/c1-15-21(18-13-17(30-3)9-10-19(18)26(15)2)23(29)27-11-6-7-16(14-27)22-25-24-20-8-4-5-12-28(20)22/h4-5,8-10,12-13,16H,6-7,11,14H2,1-3H3/t16-/m1/s1. The summed E-state index contributed by atoms with van der Waals surface area (Å²) in [6, 6.07) is 11.8. The van der Waals surface area contributed by atoms with Gasteiger partial charge in [-0.15, -0.1) is 10.2 Å². The second-order valence-electron chi connectivity index (χ2n) is 7.98. The summed E-state index contributed by atoms with van der Waals surface area (Å²) in [6.07, 6.45) is 3.94. The first-order valence-corrected chi connectivity index (χ1v) is 10.3. The highest BCUT2D eigenvalue weighted by Gasteiger charge is 2.31. The van der Waals surface area contributed by atoms with Crippen molar-refractivity contribution in [2.75, 3.05) is 20.2 Å². The Labute approximate surface area is 174 Å². The molecule has 1 fully saturated rings. The number of methoxy groups -OCH3 is 1. The number of ether oxygens (including phenoxy) is 1. The molecule has 1 amide bonds. The molecule has 1 aromatic carbocycles. The van der Waals surface area contributed by atoms with E-state index in [-0.39, 0.29) is 11.8 Å². The van der Waals surface area contributed by atoms with Gasteiger partial charge in [0, 0.05) is 48.8 Å². The van der Waals surface area contributed by atoms with E-state index in [0.717, 1.165) is 58.8 Å². The van der Waals surface area contributed by atoms with E-state index in [2.05, 4.69) is 14.8 Å². The van der Waals surface area contributed by atoms with Crippen molar-refractivity contribution >= 4 is 22.5 Å². The van der Waals surface area contributed by atoms with Gasteiger partial charge in [-0.1, -0.05) is 6.07 Å². The van der Waals surface area contributed by atoms with Gasteiger partial charge >= 0.3 is 0 Å². The number of hydrogen-bond acceptors (Lipinski definition) is 4. The molecule has 0 aliphatic carbocycles. The van der Waals surface area contributed by atoms with Gasteiger partial charge in [0.1, 0.15) is 11.6 Å². The minimum absolute atomic E-state index is 0.0740. The topological polar surface area (TPSA) is 64.7 Å². The van der Waals surface area contributed by atoms with Crippen molar-refractivity contribution in [2.24, 2.45) is 7.05 Å². The SMILES string of the molecule is COc1ccc2c(c1)c(C(=O)N1CCC[C@@H](c3nnc4ccccn34)C1)c(C)n2C. The van der Waals surface area contributed by atoms with Crippen LogP contribution >= 0.6 is 0 Å². The Kier molecular flexibility index (Phi) is 4.46. The molecule has 1 aliphatic rings. The Morgan fingerprint density at radius 2 is 2.07 bits per heavy atom. The summed E-state index contributed by atoms with van der Waals surface area (Å²) in [5.41, 5.74) is 3.61. The Hall–Kier alpha value is -3.35. The van der Waals surface area contributed by atoms with E-state index >= 15 is 0 Å². The predicted octanol–water partition coefficient (Wildman–Crippen LogP) is 3.56. The average molecular weight is 403 g/mol. The number of aryl methyl sites for hydroxylation is 1. The second kappa shape index (κ2) is 7.16. The molecule has 7 heteroatoms. The number of rotatable bonds is 3. The van der Waals surface area contributed by atoms with Gasteiger partial charge in [0.15, 0.2) is 5.65 Å². The number of likely N-dealkylation sites (tertiary alicyclic amines) is 1. The third-order valence-electron chi connectivity index (χ3n) is 6.33. The van der Waals surface area contributed by atoms with Crippen molar-refractivity contribution in [1.82, 2.24) is 24.1 Å². The number of aromatic nitrogens is 4. The van der Waals surface area contributed by atoms with Crippen LogP contribution in [0.15, 0.2) is 42.6 Å². The Balaban J connectivity index is 1.50. The van der Waals surface area contributed by atoms with E-state index in [0.29, 0.717) is 6.54 Å². The normalized spacial score (nSPS) is 17.0. The fraction of sp³-hybridized carbons (Fsp3) is 0.348. The molecular weight excluding hydrogens is 378 g/mol.